The van der Waals surface area contributed by atoms with Crippen LogP contribution in [-0.4, -0.2) is 31.7 Å². The largest absolute Gasteiger partial charge is 0.278 e. The van der Waals surface area contributed by atoms with Crippen LogP contribution in [0.1, 0.15) is 16.8 Å². The normalized spacial score (nSPS) is 14.5. The van der Waals surface area contributed by atoms with Crippen molar-refractivity contribution in [2.45, 2.75) is 11.3 Å². The van der Waals surface area contributed by atoms with Gasteiger partial charge in [-0.25, -0.2) is 8.42 Å². The van der Waals surface area contributed by atoms with Crippen molar-refractivity contribution < 1.29 is 18.0 Å². The zero-order valence-corrected chi connectivity index (χ0v) is 10.4. The molecule has 1 aliphatic rings. The van der Waals surface area contributed by atoms with Crippen LogP contribution in [0.2, 0.25) is 0 Å². The number of amides is 2. The summed E-state index contributed by atoms with van der Waals surface area (Å²) in [6.45, 7) is 0.371. The standard InChI is InChI=1S/C10H8N4O4S/c11-12-13-19(17,18)8-3-1-7(2-4-8)10(16)14-6-5-9(14)15/h1-4H,5-6H2. The SMILES string of the molecule is [N-]=[N+]=NS(=O)(=O)c1ccc(C(=O)N2CCC2=O)cc1. The fraction of sp³-hybridized carbons (Fsp3) is 0.200. The van der Waals surface area contributed by atoms with Crippen LogP contribution in [0.5, 0.6) is 0 Å². The molecule has 1 fully saturated rings. The second kappa shape index (κ2) is 4.71. The van der Waals surface area contributed by atoms with Gasteiger partial charge in [0.2, 0.25) is 5.91 Å². The monoisotopic (exact) mass is 280 g/mol. The van der Waals surface area contributed by atoms with E-state index in [-0.39, 0.29) is 16.4 Å². The van der Waals surface area contributed by atoms with E-state index in [9.17, 15) is 18.0 Å². The van der Waals surface area contributed by atoms with E-state index in [1.54, 1.807) is 0 Å². The van der Waals surface area contributed by atoms with E-state index in [1.165, 1.54) is 12.1 Å². The first-order valence-electron chi connectivity index (χ1n) is 5.22. The third-order valence-electron chi connectivity index (χ3n) is 2.64. The molecule has 0 aromatic heterocycles. The van der Waals surface area contributed by atoms with E-state index in [1.807, 2.05) is 0 Å². The molecule has 0 radical (unpaired) electrons. The summed E-state index contributed by atoms with van der Waals surface area (Å²) in [7, 11) is -4.06. The molecular formula is C10H8N4O4S. The Morgan fingerprint density at radius 3 is 2.37 bits per heavy atom. The van der Waals surface area contributed by atoms with Gasteiger partial charge in [-0.05, 0) is 29.8 Å². The smallest absolute Gasteiger partial charge is 0.264 e. The Labute approximate surface area is 108 Å². The van der Waals surface area contributed by atoms with Crippen LogP contribution >= 0.6 is 0 Å². The minimum Gasteiger partial charge on any atom is -0.278 e. The molecular weight excluding hydrogens is 272 g/mol. The summed E-state index contributed by atoms with van der Waals surface area (Å²) in [6.07, 6.45) is 0.342. The minimum absolute atomic E-state index is 0.202. The van der Waals surface area contributed by atoms with E-state index in [0.29, 0.717) is 13.0 Å². The van der Waals surface area contributed by atoms with Gasteiger partial charge in [-0.2, -0.15) is 0 Å². The summed E-state index contributed by atoms with van der Waals surface area (Å²) >= 11 is 0. The number of carbonyl (C=O) groups is 2. The van der Waals surface area contributed by atoms with E-state index < -0.39 is 15.9 Å². The lowest BCUT2D eigenvalue weighted by atomic mass is 10.1. The van der Waals surface area contributed by atoms with Gasteiger partial charge in [0.15, 0.2) is 0 Å². The number of azide groups is 1. The van der Waals surface area contributed by atoms with Crippen molar-refractivity contribution in [3.63, 3.8) is 0 Å². The summed E-state index contributed by atoms with van der Waals surface area (Å²) in [5, 5.41) is 0. The number of β-lactam (4-membered cyclic amide) rings is 1. The van der Waals surface area contributed by atoms with E-state index in [2.05, 4.69) is 9.43 Å². The van der Waals surface area contributed by atoms with Crippen LogP contribution in [0.4, 0.5) is 0 Å². The third kappa shape index (κ3) is 2.42. The highest BCUT2D eigenvalue weighted by atomic mass is 32.2. The van der Waals surface area contributed by atoms with E-state index in [4.69, 9.17) is 5.53 Å². The predicted octanol–water partition coefficient (Wildman–Crippen LogP) is 1.06. The van der Waals surface area contributed by atoms with Crippen molar-refractivity contribution in [1.29, 1.82) is 0 Å². The predicted molar refractivity (Wildman–Crippen MR) is 63.4 cm³/mol. The van der Waals surface area contributed by atoms with Crippen molar-refractivity contribution in [3.05, 3.63) is 40.3 Å². The van der Waals surface area contributed by atoms with Crippen molar-refractivity contribution in [3.8, 4) is 0 Å². The number of nitrogens with zero attached hydrogens (tertiary/aromatic N) is 4. The molecule has 2 rings (SSSR count). The van der Waals surface area contributed by atoms with E-state index >= 15 is 0 Å². The number of sulfonamides is 1. The van der Waals surface area contributed by atoms with Gasteiger partial charge in [-0.3, -0.25) is 14.5 Å². The number of hydrogen-bond acceptors (Lipinski definition) is 4. The molecule has 0 spiro atoms. The van der Waals surface area contributed by atoms with Crippen LogP contribution in [-0.2, 0) is 14.8 Å². The quantitative estimate of drug-likeness (QED) is 0.270. The molecule has 0 saturated carbocycles. The first-order valence-corrected chi connectivity index (χ1v) is 6.66. The van der Waals surface area contributed by atoms with E-state index in [0.717, 1.165) is 17.0 Å². The molecule has 0 unspecified atom stereocenters. The number of imide groups is 1. The number of carbonyl (C=O) groups excluding carboxylic acids is 2. The van der Waals surface area contributed by atoms with Crippen LogP contribution in [0.3, 0.4) is 0 Å². The molecule has 0 aliphatic carbocycles. The van der Waals surface area contributed by atoms with Crippen molar-refractivity contribution in [2.24, 2.45) is 4.52 Å². The number of hydrogen-bond donors (Lipinski definition) is 0. The highest BCUT2D eigenvalue weighted by Crippen LogP contribution is 2.17. The van der Waals surface area contributed by atoms with Gasteiger partial charge in [-0.15, -0.1) is 0 Å². The summed E-state index contributed by atoms with van der Waals surface area (Å²) in [6, 6.07) is 4.85. The Morgan fingerprint density at radius 1 is 1.32 bits per heavy atom. The topological polar surface area (TPSA) is 120 Å². The van der Waals surface area contributed by atoms with Gasteiger partial charge in [0.25, 0.3) is 15.9 Å². The number of likely N-dealkylation sites (tertiary alicyclic amines) is 1. The van der Waals surface area contributed by atoms with Gasteiger partial charge in [0, 0.05) is 28.0 Å². The van der Waals surface area contributed by atoms with Crippen LogP contribution in [0.15, 0.2) is 33.7 Å². The molecule has 1 aromatic carbocycles. The average molecular weight is 280 g/mol. The zero-order chi connectivity index (χ0) is 14.0. The number of benzene rings is 1. The summed E-state index contributed by atoms with van der Waals surface area (Å²) in [4.78, 5) is 26.0. The average Bonchev–Trinajstić information content (AvgIpc) is 2.37. The van der Waals surface area contributed by atoms with Crippen LogP contribution < -0.4 is 0 Å². The molecule has 0 bridgehead atoms. The Balaban J connectivity index is 2.26. The fourth-order valence-electron chi connectivity index (χ4n) is 1.55. The highest BCUT2D eigenvalue weighted by Gasteiger charge is 2.30. The van der Waals surface area contributed by atoms with Gasteiger partial charge in [0.1, 0.15) is 0 Å². The Hall–Kier alpha value is -2.38. The van der Waals surface area contributed by atoms with Gasteiger partial charge in [-0.1, -0.05) is 0 Å². The molecule has 0 atom stereocenters. The second-order valence-electron chi connectivity index (χ2n) is 3.77. The molecule has 9 heteroatoms. The van der Waals surface area contributed by atoms with Crippen LogP contribution in [0, 0.1) is 0 Å². The maximum absolute atomic E-state index is 11.8. The Morgan fingerprint density at radius 2 is 1.95 bits per heavy atom. The second-order valence-corrected chi connectivity index (χ2v) is 5.36. The van der Waals surface area contributed by atoms with Crippen molar-refractivity contribution in [1.82, 2.24) is 4.90 Å². The Bertz CT molecular complexity index is 689. The minimum atomic E-state index is -4.06. The maximum atomic E-state index is 11.8. The lowest BCUT2D eigenvalue weighted by Gasteiger charge is -2.28. The molecule has 8 nitrogen and oxygen atoms in total. The summed E-state index contributed by atoms with van der Waals surface area (Å²) in [5.74, 6) is -0.722. The molecule has 19 heavy (non-hydrogen) atoms. The zero-order valence-electron chi connectivity index (χ0n) is 9.55. The summed E-state index contributed by atoms with van der Waals surface area (Å²) < 4.78 is 25.5. The van der Waals surface area contributed by atoms with Crippen LogP contribution in [0.25, 0.3) is 10.4 Å². The molecule has 1 heterocycles. The van der Waals surface area contributed by atoms with Gasteiger partial charge in [0.05, 0.1) is 4.90 Å². The highest BCUT2D eigenvalue weighted by molar-refractivity contribution is 7.90. The third-order valence-corrected chi connectivity index (χ3v) is 3.79. The first-order chi connectivity index (χ1) is 8.95. The first kappa shape index (κ1) is 13.1. The number of rotatable bonds is 3. The maximum Gasteiger partial charge on any atom is 0.264 e. The lowest BCUT2D eigenvalue weighted by molar-refractivity contribution is -0.135. The molecule has 2 amide bonds. The lowest BCUT2D eigenvalue weighted by Crippen LogP contribution is -2.47. The molecule has 1 aliphatic heterocycles. The van der Waals surface area contributed by atoms with Crippen molar-refractivity contribution in [2.75, 3.05) is 6.54 Å². The molecule has 98 valence electrons. The molecule has 1 aromatic rings. The summed E-state index contributed by atoms with van der Waals surface area (Å²) in [5.41, 5.74) is 8.33. The Kier molecular flexibility index (Phi) is 3.24. The van der Waals surface area contributed by atoms with Gasteiger partial charge >= 0.3 is 0 Å². The fourth-order valence-corrected chi connectivity index (χ4v) is 2.22. The molecule has 1 saturated heterocycles. The van der Waals surface area contributed by atoms with Gasteiger partial charge < -0.3 is 0 Å². The molecule has 0 N–H and O–H groups in total. The van der Waals surface area contributed by atoms with Crippen molar-refractivity contribution >= 4 is 21.8 Å².